The lowest BCUT2D eigenvalue weighted by Crippen LogP contribution is -2.10. The second-order valence-corrected chi connectivity index (χ2v) is 10.3. The van der Waals surface area contributed by atoms with Gasteiger partial charge in [0.15, 0.2) is 0 Å². The minimum atomic E-state index is -0.787. The summed E-state index contributed by atoms with van der Waals surface area (Å²) in [7, 11) is -0.787. The third kappa shape index (κ3) is 6.08. The van der Waals surface area contributed by atoms with Crippen LogP contribution in [0.15, 0.2) is 157 Å². The molecular weight excluding hydrogens is 455 g/mol. The molecule has 0 aromatic heterocycles. The van der Waals surface area contributed by atoms with Crippen molar-refractivity contribution in [3.8, 4) is 0 Å². The second-order valence-electron chi connectivity index (χ2n) is 8.29. The third-order valence-electron chi connectivity index (χ3n) is 5.75. The Morgan fingerprint density at radius 1 is 0.444 bits per heavy atom. The fraction of sp³-hybridized carbons (Fsp3) is 0. The van der Waals surface area contributed by atoms with Gasteiger partial charge in [-0.25, -0.2) is 0 Å². The Morgan fingerprint density at radius 2 is 0.833 bits per heavy atom. The van der Waals surface area contributed by atoms with Gasteiger partial charge in [0.2, 0.25) is 0 Å². The van der Waals surface area contributed by atoms with Crippen molar-refractivity contribution in [1.29, 1.82) is 0 Å². The summed E-state index contributed by atoms with van der Waals surface area (Å²) >= 11 is 0. The van der Waals surface area contributed by atoms with Crippen LogP contribution in [0.25, 0.3) is 17.6 Å². The fourth-order valence-electron chi connectivity index (χ4n) is 3.95. The highest BCUT2D eigenvalue weighted by Crippen LogP contribution is 2.40. The average molecular weight is 483 g/mol. The smallest absolute Gasteiger partial charge is 0.135 e. The largest absolute Gasteiger partial charge is 0.456 e. The molecule has 5 aromatic carbocycles. The van der Waals surface area contributed by atoms with E-state index in [-0.39, 0.29) is 0 Å². The molecule has 0 aliphatic carbocycles. The molecule has 0 heterocycles. The van der Waals surface area contributed by atoms with Gasteiger partial charge >= 0.3 is 0 Å². The molecule has 0 amide bonds. The number of rotatable bonds is 8. The maximum Gasteiger partial charge on any atom is 0.135 e. The van der Waals surface area contributed by atoms with E-state index in [0.29, 0.717) is 0 Å². The lowest BCUT2D eigenvalue weighted by atomic mass is 10.1. The molecule has 0 spiro atoms. The number of hydrogen-bond acceptors (Lipinski definition) is 1. The Kier molecular flexibility index (Phi) is 7.83. The molecule has 5 rings (SSSR count). The molecule has 0 saturated heterocycles. The molecule has 1 nitrogen and oxygen atoms in total. The normalized spacial score (nSPS) is 11.9. The molecule has 0 fully saturated rings. The first-order valence-corrected chi connectivity index (χ1v) is 13.4. The maximum atomic E-state index is 6.84. The van der Waals surface area contributed by atoms with E-state index in [0.717, 1.165) is 28.2 Å². The third-order valence-corrected chi connectivity index (χ3v) is 7.95. The summed E-state index contributed by atoms with van der Waals surface area (Å²) in [6, 6.07) is 52.4. The second kappa shape index (κ2) is 12.0. The number of hydrogen-bond donors (Lipinski definition) is 0. The standard InChI is InChI=1S/C34H27OP/c1-6-16-28(17-7-1)26-33(29-18-8-2-9-19-29)35-34(30-20-10-3-11-21-30)27-36(31-22-12-4-13-23-31)32-24-14-5-15-25-32/h1-27H. The van der Waals surface area contributed by atoms with Gasteiger partial charge in [0.1, 0.15) is 11.5 Å². The van der Waals surface area contributed by atoms with Crippen LogP contribution in [0.4, 0.5) is 0 Å². The van der Waals surface area contributed by atoms with E-state index in [1.54, 1.807) is 0 Å². The summed E-state index contributed by atoms with van der Waals surface area (Å²) in [6.45, 7) is 0. The van der Waals surface area contributed by atoms with Gasteiger partial charge in [-0.1, -0.05) is 152 Å². The van der Waals surface area contributed by atoms with Gasteiger partial charge in [-0.05, 0) is 36.0 Å². The SMILES string of the molecule is C(=C(OC(=CP(c1ccccc1)c1ccccc1)c1ccccc1)c1ccccc1)c1ccccc1. The van der Waals surface area contributed by atoms with Crippen LogP contribution in [0.5, 0.6) is 0 Å². The van der Waals surface area contributed by atoms with Gasteiger partial charge in [-0.2, -0.15) is 0 Å². The first-order valence-electron chi connectivity index (χ1n) is 12.0. The molecule has 5 aromatic rings. The molecule has 0 N–H and O–H groups in total. The zero-order valence-corrected chi connectivity index (χ0v) is 20.8. The van der Waals surface area contributed by atoms with E-state index in [1.165, 1.54) is 10.6 Å². The van der Waals surface area contributed by atoms with Crippen LogP contribution in [0, 0.1) is 0 Å². The Balaban J connectivity index is 1.64. The van der Waals surface area contributed by atoms with E-state index >= 15 is 0 Å². The molecular formula is C34H27OP. The van der Waals surface area contributed by atoms with Crippen LogP contribution in [-0.4, -0.2) is 0 Å². The lowest BCUT2D eigenvalue weighted by Gasteiger charge is -2.19. The van der Waals surface area contributed by atoms with Crippen LogP contribution in [0.3, 0.4) is 0 Å². The Morgan fingerprint density at radius 3 is 1.31 bits per heavy atom. The average Bonchev–Trinajstić information content (AvgIpc) is 2.97. The zero-order chi connectivity index (χ0) is 24.4. The summed E-state index contributed by atoms with van der Waals surface area (Å²) < 4.78 is 6.84. The Hall–Kier alpha value is -4.19. The van der Waals surface area contributed by atoms with Crippen molar-refractivity contribution in [2.24, 2.45) is 0 Å². The van der Waals surface area contributed by atoms with Crippen molar-refractivity contribution in [1.82, 2.24) is 0 Å². The minimum Gasteiger partial charge on any atom is -0.456 e. The van der Waals surface area contributed by atoms with Gasteiger partial charge < -0.3 is 4.74 Å². The van der Waals surface area contributed by atoms with Crippen molar-refractivity contribution in [3.05, 3.63) is 174 Å². The molecule has 2 heteroatoms. The predicted molar refractivity (Wildman–Crippen MR) is 155 cm³/mol. The van der Waals surface area contributed by atoms with E-state index in [2.05, 4.69) is 121 Å². The maximum absolute atomic E-state index is 6.84. The summed E-state index contributed by atoms with van der Waals surface area (Å²) in [4.78, 5) is 0. The summed E-state index contributed by atoms with van der Waals surface area (Å²) in [5.41, 5.74) is 3.18. The van der Waals surface area contributed by atoms with Crippen molar-refractivity contribution in [2.45, 2.75) is 0 Å². The highest BCUT2D eigenvalue weighted by molar-refractivity contribution is 7.76. The van der Waals surface area contributed by atoms with Crippen molar-refractivity contribution < 1.29 is 4.74 Å². The molecule has 0 aliphatic rings. The highest BCUT2D eigenvalue weighted by atomic mass is 31.1. The van der Waals surface area contributed by atoms with Gasteiger partial charge in [-0.15, -0.1) is 0 Å². The van der Waals surface area contributed by atoms with Gasteiger partial charge in [-0.3, -0.25) is 0 Å². The molecule has 36 heavy (non-hydrogen) atoms. The molecule has 0 bridgehead atoms. The van der Waals surface area contributed by atoms with Crippen molar-refractivity contribution in [3.63, 3.8) is 0 Å². The summed E-state index contributed by atoms with van der Waals surface area (Å²) in [5.74, 6) is 3.96. The van der Waals surface area contributed by atoms with Crippen LogP contribution >= 0.6 is 7.92 Å². The van der Waals surface area contributed by atoms with Crippen LogP contribution in [0.1, 0.15) is 16.7 Å². The van der Waals surface area contributed by atoms with Gasteiger partial charge in [0, 0.05) is 11.1 Å². The highest BCUT2D eigenvalue weighted by Gasteiger charge is 2.16. The number of benzene rings is 5. The van der Waals surface area contributed by atoms with Crippen LogP contribution in [-0.2, 0) is 4.74 Å². The fourth-order valence-corrected chi connectivity index (χ4v) is 5.97. The monoisotopic (exact) mass is 482 g/mol. The van der Waals surface area contributed by atoms with E-state index in [4.69, 9.17) is 4.74 Å². The predicted octanol–water partition coefficient (Wildman–Crippen LogP) is 8.33. The lowest BCUT2D eigenvalue weighted by molar-refractivity contribution is 0.475. The topological polar surface area (TPSA) is 9.23 Å². The van der Waals surface area contributed by atoms with Crippen molar-refractivity contribution >= 4 is 36.1 Å². The molecule has 174 valence electrons. The summed E-state index contributed by atoms with van der Waals surface area (Å²) in [5, 5.41) is 2.56. The van der Waals surface area contributed by atoms with Gasteiger partial charge in [0.05, 0.1) is 0 Å². The molecule has 0 radical (unpaired) electrons. The molecule has 0 unspecified atom stereocenters. The van der Waals surface area contributed by atoms with E-state index in [1.807, 2.05) is 42.5 Å². The number of ether oxygens (including phenoxy) is 1. The van der Waals surface area contributed by atoms with Crippen LogP contribution < -0.4 is 10.6 Å². The Bertz CT molecular complexity index is 1370. The summed E-state index contributed by atoms with van der Waals surface area (Å²) in [6.07, 6.45) is 2.11. The molecule has 0 saturated carbocycles. The minimum absolute atomic E-state index is 0.787. The van der Waals surface area contributed by atoms with Crippen LogP contribution in [0.2, 0.25) is 0 Å². The van der Waals surface area contributed by atoms with E-state index < -0.39 is 7.92 Å². The molecule has 0 atom stereocenters. The van der Waals surface area contributed by atoms with Crippen molar-refractivity contribution in [2.75, 3.05) is 0 Å². The van der Waals surface area contributed by atoms with E-state index in [9.17, 15) is 0 Å². The first-order chi connectivity index (χ1) is 17.9. The zero-order valence-electron chi connectivity index (χ0n) is 19.9. The quantitative estimate of drug-likeness (QED) is 0.123. The Labute approximate surface area is 214 Å². The first kappa shape index (κ1) is 23.5. The molecule has 0 aliphatic heterocycles. The van der Waals surface area contributed by atoms with Gasteiger partial charge in [0.25, 0.3) is 0 Å².